The van der Waals surface area contributed by atoms with Crippen LogP contribution >= 0.6 is 0 Å². The third-order valence-electron chi connectivity index (χ3n) is 4.72. The van der Waals surface area contributed by atoms with Crippen LogP contribution < -0.4 is 15.6 Å². The van der Waals surface area contributed by atoms with Crippen molar-refractivity contribution in [2.24, 2.45) is 0 Å². The first-order valence-corrected chi connectivity index (χ1v) is 10.3. The first-order valence-electron chi connectivity index (χ1n) is 8.31. The molecule has 0 bridgehead atoms. The Hall–Kier alpha value is -2.12. The van der Waals surface area contributed by atoms with Crippen molar-refractivity contribution in [3.8, 4) is 0 Å². The van der Waals surface area contributed by atoms with Gasteiger partial charge in [0.25, 0.3) is 0 Å². The van der Waals surface area contributed by atoms with Gasteiger partial charge >= 0.3 is 0 Å². The van der Waals surface area contributed by atoms with Crippen molar-refractivity contribution in [1.29, 1.82) is 0 Å². The molecule has 3 aromatic carbocycles. The van der Waals surface area contributed by atoms with Crippen molar-refractivity contribution in [2.45, 2.75) is 0 Å². The molecule has 1 aliphatic rings. The second-order valence-corrected chi connectivity index (χ2v) is 9.83. The van der Waals surface area contributed by atoms with Crippen molar-refractivity contribution in [2.75, 3.05) is 0 Å². The van der Waals surface area contributed by atoms with E-state index in [1.807, 2.05) is 0 Å². The molecule has 0 aromatic heterocycles. The molecule has 4 rings (SSSR count). The van der Waals surface area contributed by atoms with E-state index >= 15 is 0 Å². The van der Waals surface area contributed by atoms with E-state index in [4.69, 9.17) is 0 Å². The zero-order valence-corrected chi connectivity index (χ0v) is 14.5. The van der Waals surface area contributed by atoms with Gasteiger partial charge in [-0.2, -0.15) is 0 Å². The van der Waals surface area contributed by atoms with Crippen LogP contribution in [0.5, 0.6) is 0 Å². The van der Waals surface area contributed by atoms with E-state index < -0.39 is 8.07 Å². The van der Waals surface area contributed by atoms with Gasteiger partial charge in [-0.15, -0.1) is 0 Å². The molecule has 3 aromatic rings. The summed E-state index contributed by atoms with van der Waals surface area (Å²) in [7, 11) is -2.25. The molecule has 0 saturated heterocycles. The topological polar surface area (TPSA) is 0 Å². The quantitative estimate of drug-likeness (QED) is 0.511. The first kappa shape index (κ1) is 15.4. The van der Waals surface area contributed by atoms with E-state index in [2.05, 4.69) is 117 Å². The number of hydrogen-bond acceptors (Lipinski definition) is 0. The van der Waals surface area contributed by atoms with Crippen LogP contribution in [0.25, 0.3) is 0 Å². The highest BCUT2D eigenvalue weighted by Crippen LogP contribution is 2.32. The predicted octanol–water partition coefficient (Wildman–Crippen LogP) is 3.10. The molecule has 0 N–H and O–H groups in total. The lowest BCUT2D eigenvalue weighted by Crippen LogP contribution is -2.70. The molecule has 0 spiro atoms. The van der Waals surface area contributed by atoms with Crippen LogP contribution in [0.2, 0.25) is 0 Å². The summed E-state index contributed by atoms with van der Waals surface area (Å²) in [6.45, 7) is 0. The predicted molar refractivity (Wildman–Crippen MR) is 104 cm³/mol. The minimum atomic E-state index is -2.25. The van der Waals surface area contributed by atoms with Gasteiger partial charge in [-0.05, 0) is 46.8 Å². The maximum atomic E-state index is 2.29. The van der Waals surface area contributed by atoms with Gasteiger partial charge < -0.3 is 0 Å². The lowest BCUT2D eigenvalue weighted by Gasteiger charge is -2.38. The molecule has 1 fully saturated rings. The molecule has 24 heavy (non-hydrogen) atoms. The highest BCUT2D eigenvalue weighted by molar-refractivity contribution is 7.15. The van der Waals surface area contributed by atoms with Crippen LogP contribution in [0.15, 0.2) is 91.0 Å². The zero-order valence-electron chi connectivity index (χ0n) is 13.5. The Balaban J connectivity index is 2.03. The number of rotatable bonds is 4. The van der Waals surface area contributed by atoms with Crippen molar-refractivity contribution in [3.05, 3.63) is 122 Å². The normalized spacial score (nSPS) is 15.5. The molecule has 0 amide bonds. The molecular weight excluding hydrogens is 304 g/mol. The van der Waals surface area contributed by atoms with Crippen molar-refractivity contribution < 1.29 is 0 Å². The minimum Gasteiger partial charge on any atom is -0.0624 e. The van der Waals surface area contributed by atoms with E-state index in [1.54, 1.807) is 0 Å². The monoisotopic (exact) mass is 323 g/mol. The molecule has 1 saturated carbocycles. The fraction of sp³-hybridized carbons (Fsp3) is 0. The zero-order chi connectivity index (χ0) is 16.2. The van der Waals surface area contributed by atoms with Gasteiger partial charge in [0.2, 0.25) is 0 Å². The van der Waals surface area contributed by atoms with E-state index in [-0.39, 0.29) is 0 Å². The Bertz CT molecular complexity index is 662. The Morgan fingerprint density at radius 2 is 0.750 bits per heavy atom. The van der Waals surface area contributed by atoms with Gasteiger partial charge in [0.05, 0.1) is 0 Å². The average Bonchev–Trinajstić information content (AvgIpc) is 3.20. The first-order chi connectivity index (χ1) is 11.9. The Morgan fingerprint density at radius 1 is 0.417 bits per heavy atom. The minimum absolute atomic E-state index is 1.42. The second kappa shape index (κ2) is 6.78. The fourth-order valence-electron chi connectivity index (χ4n) is 3.69. The summed E-state index contributed by atoms with van der Waals surface area (Å²) >= 11 is 0. The SMILES string of the molecule is [CH]1[CH][CH][C]([Si](c2ccccc2)(c2ccccc2)c2ccccc2)[CH]1. The molecule has 115 valence electrons. The van der Waals surface area contributed by atoms with Crippen LogP contribution in [-0.4, -0.2) is 8.07 Å². The summed E-state index contributed by atoms with van der Waals surface area (Å²) in [6.07, 6.45) is 8.90. The smallest absolute Gasteiger partial charge is 0.0624 e. The average molecular weight is 323 g/mol. The molecule has 0 heterocycles. The summed E-state index contributed by atoms with van der Waals surface area (Å²) < 4.78 is 0. The van der Waals surface area contributed by atoms with Crippen molar-refractivity contribution >= 4 is 23.6 Å². The molecule has 0 atom stereocenters. The van der Waals surface area contributed by atoms with Gasteiger partial charge in [-0.3, -0.25) is 0 Å². The Kier molecular flexibility index (Phi) is 4.35. The van der Waals surface area contributed by atoms with Crippen LogP contribution in [0.1, 0.15) is 0 Å². The van der Waals surface area contributed by atoms with Crippen molar-refractivity contribution in [3.63, 3.8) is 0 Å². The lowest BCUT2D eigenvalue weighted by molar-refractivity contribution is 1.45. The molecule has 0 aliphatic heterocycles. The Morgan fingerprint density at radius 3 is 1.08 bits per heavy atom. The van der Waals surface area contributed by atoms with E-state index in [9.17, 15) is 0 Å². The van der Waals surface area contributed by atoms with Gasteiger partial charge in [-0.1, -0.05) is 91.0 Å². The highest BCUT2D eigenvalue weighted by atomic mass is 28.3. The maximum Gasteiger partial charge on any atom is 0.155 e. The molecule has 1 aliphatic carbocycles. The van der Waals surface area contributed by atoms with Crippen LogP contribution in [0.3, 0.4) is 0 Å². The summed E-state index contributed by atoms with van der Waals surface area (Å²) in [4.78, 5) is 0. The number of hydrogen-bond donors (Lipinski definition) is 0. The van der Waals surface area contributed by atoms with E-state index in [0.29, 0.717) is 0 Å². The van der Waals surface area contributed by atoms with Crippen molar-refractivity contribution in [1.82, 2.24) is 0 Å². The van der Waals surface area contributed by atoms with Crippen LogP contribution in [0, 0.1) is 31.2 Å². The highest BCUT2D eigenvalue weighted by Gasteiger charge is 2.47. The second-order valence-electron chi connectivity index (χ2n) is 6.02. The molecule has 1 heteroatoms. The van der Waals surface area contributed by atoms with E-state index in [1.165, 1.54) is 21.1 Å². The van der Waals surface area contributed by atoms with Gasteiger partial charge in [0.15, 0.2) is 8.07 Å². The van der Waals surface area contributed by atoms with Crippen LogP contribution in [-0.2, 0) is 0 Å². The summed E-state index contributed by atoms with van der Waals surface area (Å²) in [5.41, 5.74) is 1.44. The van der Waals surface area contributed by atoms with Gasteiger partial charge in [0.1, 0.15) is 0 Å². The van der Waals surface area contributed by atoms with Gasteiger partial charge in [-0.25, -0.2) is 0 Å². The molecule has 0 unspecified atom stereocenters. The molecule has 0 nitrogen and oxygen atoms in total. The third-order valence-corrected chi connectivity index (χ3v) is 9.51. The summed E-state index contributed by atoms with van der Waals surface area (Å²) in [5, 5.41) is 4.27. The lowest BCUT2D eigenvalue weighted by atomic mass is 10.3. The molecule has 5 radical (unpaired) electrons. The van der Waals surface area contributed by atoms with Crippen LogP contribution in [0.4, 0.5) is 0 Å². The standard InChI is InChI=1S/C23H19Si/c1-4-12-20(13-5-1)24(23-18-10-11-19-23,21-14-6-2-7-15-21)22-16-8-3-9-17-22/h1-19H. The maximum absolute atomic E-state index is 2.29. The number of benzene rings is 3. The summed E-state index contributed by atoms with van der Waals surface area (Å²) in [5.74, 6) is 0. The Labute approximate surface area is 146 Å². The third kappa shape index (κ3) is 2.53. The van der Waals surface area contributed by atoms with E-state index in [0.717, 1.165) is 0 Å². The largest absolute Gasteiger partial charge is 0.155 e. The fourth-order valence-corrected chi connectivity index (χ4v) is 8.46. The molecular formula is C23H19Si. The summed E-state index contributed by atoms with van der Waals surface area (Å²) in [6, 6.07) is 33.0. The van der Waals surface area contributed by atoms with Gasteiger partial charge in [0, 0.05) is 0 Å².